The standard InChI is InChI=1S/C30H28N2O2S2/c1-30(2,3)21-12-16-23(17-13-21)36(33)29-27(31)26-24(19-8-6-5-7-9-19)18-25(32-28(26)35-29)20-10-14-22(34-4)15-11-20/h5-18H,31H2,1-4H3. The number of anilines is 1. The van der Waals surface area contributed by atoms with Crippen LogP contribution < -0.4 is 10.5 Å². The van der Waals surface area contributed by atoms with Crippen LogP contribution in [0.15, 0.2) is 94.0 Å². The molecule has 0 aliphatic rings. The molecule has 36 heavy (non-hydrogen) atoms. The van der Waals surface area contributed by atoms with Crippen LogP contribution in [0.5, 0.6) is 5.75 Å². The first kappa shape index (κ1) is 24.2. The molecule has 1 atom stereocenters. The van der Waals surface area contributed by atoms with E-state index in [0.29, 0.717) is 9.90 Å². The first-order valence-corrected chi connectivity index (χ1v) is 13.7. The van der Waals surface area contributed by atoms with Gasteiger partial charge in [-0.15, -0.1) is 11.3 Å². The Morgan fingerprint density at radius 2 is 1.56 bits per heavy atom. The maximum atomic E-state index is 13.7. The molecule has 0 aliphatic carbocycles. The molecule has 3 aromatic carbocycles. The summed E-state index contributed by atoms with van der Waals surface area (Å²) in [6.45, 7) is 6.50. The van der Waals surface area contributed by atoms with Crippen molar-refractivity contribution >= 4 is 38.0 Å². The Hall–Kier alpha value is -3.48. The number of aromatic nitrogens is 1. The van der Waals surface area contributed by atoms with Gasteiger partial charge >= 0.3 is 0 Å². The van der Waals surface area contributed by atoms with Crippen molar-refractivity contribution in [3.05, 3.63) is 90.5 Å². The molecule has 5 aromatic rings. The zero-order valence-electron chi connectivity index (χ0n) is 20.7. The number of rotatable bonds is 5. The van der Waals surface area contributed by atoms with Crippen molar-refractivity contribution in [2.24, 2.45) is 0 Å². The second kappa shape index (κ2) is 9.52. The number of nitrogen functional groups attached to an aromatic ring is 1. The van der Waals surface area contributed by atoms with Gasteiger partial charge < -0.3 is 10.5 Å². The minimum absolute atomic E-state index is 0.0308. The number of hydrogen-bond donors (Lipinski definition) is 1. The number of methoxy groups -OCH3 is 1. The normalized spacial score (nSPS) is 12.6. The molecule has 0 aliphatic heterocycles. The topological polar surface area (TPSA) is 65.2 Å². The third-order valence-corrected chi connectivity index (χ3v) is 9.09. The minimum atomic E-state index is -1.41. The highest BCUT2D eigenvalue weighted by atomic mass is 32.2. The number of fused-ring (bicyclic) bond motifs is 1. The highest BCUT2D eigenvalue weighted by Gasteiger charge is 2.22. The summed E-state index contributed by atoms with van der Waals surface area (Å²) < 4.78 is 19.6. The number of nitrogens with two attached hydrogens (primary N) is 1. The van der Waals surface area contributed by atoms with Crippen LogP contribution in [0.1, 0.15) is 26.3 Å². The summed E-state index contributed by atoms with van der Waals surface area (Å²) in [6, 6.07) is 28.0. The average Bonchev–Trinajstić information content (AvgIpc) is 3.24. The number of benzene rings is 3. The van der Waals surface area contributed by atoms with Gasteiger partial charge in [-0.3, -0.25) is 0 Å². The SMILES string of the molecule is COc1ccc(-c2cc(-c3ccccc3)c3c(N)c(S(=O)c4ccc(C(C)(C)C)cc4)sc3n2)cc1. The fraction of sp³-hybridized carbons (Fsp3) is 0.167. The van der Waals surface area contributed by atoms with Crippen molar-refractivity contribution < 1.29 is 8.95 Å². The molecule has 0 amide bonds. The highest BCUT2D eigenvalue weighted by Crippen LogP contribution is 2.43. The summed E-state index contributed by atoms with van der Waals surface area (Å²) in [4.78, 5) is 6.46. The van der Waals surface area contributed by atoms with Gasteiger partial charge in [-0.25, -0.2) is 9.19 Å². The first-order chi connectivity index (χ1) is 17.3. The van der Waals surface area contributed by atoms with Crippen LogP contribution in [0.4, 0.5) is 5.69 Å². The van der Waals surface area contributed by atoms with Gasteiger partial charge in [0.25, 0.3) is 0 Å². The maximum Gasteiger partial charge on any atom is 0.127 e. The summed E-state index contributed by atoms with van der Waals surface area (Å²) >= 11 is 1.40. The molecule has 182 valence electrons. The fourth-order valence-electron chi connectivity index (χ4n) is 4.18. The van der Waals surface area contributed by atoms with Crippen molar-refractivity contribution in [2.45, 2.75) is 35.3 Å². The van der Waals surface area contributed by atoms with Crippen LogP contribution in [-0.4, -0.2) is 16.3 Å². The first-order valence-electron chi connectivity index (χ1n) is 11.7. The second-order valence-corrected chi connectivity index (χ2v) is 12.4. The predicted molar refractivity (Wildman–Crippen MR) is 151 cm³/mol. The van der Waals surface area contributed by atoms with Crippen molar-refractivity contribution in [1.29, 1.82) is 0 Å². The number of nitrogens with zero attached hydrogens (tertiary/aromatic N) is 1. The molecule has 0 saturated carbocycles. The van der Waals surface area contributed by atoms with Crippen LogP contribution in [0.2, 0.25) is 0 Å². The molecule has 0 fully saturated rings. The number of pyridine rings is 1. The number of ether oxygens (including phenoxy) is 1. The van der Waals surface area contributed by atoms with Crippen molar-refractivity contribution in [3.8, 4) is 28.1 Å². The summed E-state index contributed by atoms with van der Waals surface area (Å²) in [5, 5.41) is 0.845. The van der Waals surface area contributed by atoms with Gasteiger partial charge in [-0.2, -0.15) is 0 Å². The van der Waals surface area contributed by atoms with Gasteiger partial charge in [0, 0.05) is 15.8 Å². The highest BCUT2D eigenvalue weighted by molar-refractivity contribution is 7.87. The number of thiophene rings is 1. The molecular weight excluding hydrogens is 484 g/mol. The largest absolute Gasteiger partial charge is 0.497 e. The average molecular weight is 513 g/mol. The van der Waals surface area contributed by atoms with Crippen LogP contribution in [0, 0.1) is 0 Å². The molecule has 6 heteroatoms. The molecule has 1 unspecified atom stereocenters. The fourth-order valence-corrected chi connectivity index (χ4v) is 6.76. The molecule has 0 saturated heterocycles. The molecule has 2 aromatic heterocycles. The van der Waals surface area contributed by atoms with Crippen molar-refractivity contribution in [1.82, 2.24) is 4.98 Å². The Labute approximate surface area is 218 Å². The Morgan fingerprint density at radius 3 is 2.17 bits per heavy atom. The van der Waals surface area contributed by atoms with E-state index in [-0.39, 0.29) is 5.41 Å². The Bertz CT molecular complexity index is 1550. The van der Waals surface area contributed by atoms with Crippen LogP contribution in [-0.2, 0) is 16.2 Å². The summed E-state index contributed by atoms with van der Waals surface area (Å²) in [5.41, 5.74) is 12.3. The molecule has 0 radical (unpaired) electrons. The van der Waals surface area contributed by atoms with Gasteiger partial charge in [0.05, 0.1) is 29.3 Å². The third kappa shape index (κ3) is 4.54. The van der Waals surface area contributed by atoms with E-state index in [0.717, 1.165) is 43.2 Å². The molecule has 2 heterocycles. The molecule has 4 nitrogen and oxygen atoms in total. The van der Waals surface area contributed by atoms with E-state index in [1.54, 1.807) is 7.11 Å². The van der Waals surface area contributed by atoms with Crippen LogP contribution in [0.25, 0.3) is 32.6 Å². The molecule has 5 rings (SSSR count). The van der Waals surface area contributed by atoms with E-state index in [4.69, 9.17) is 15.5 Å². The van der Waals surface area contributed by atoms with Gasteiger partial charge in [-0.1, -0.05) is 63.2 Å². The smallest absolute Gasteiger partial charge is 0.127 e. The van der Waals surface area contributed by atoms with E-state index in [2.05, 4.69) is 39.0 Å². The summed E-state index contributed by atoms with van der Waals surface area (Å²) in [6.07, 6.45) is 0. The van der Waals surface area contributed by atoms with Crippen molar-refractivity contribution in [2.75, 3.05) is 12.8 Å². The molecule has 2 N–H and O–H groups in total. The van der Waals surface area contributed by atoms with E-state index in [1.165, 1.54) is 16.9 Å². The lowest BCUT2D eigenvalue weighted by molar-refractivity contribution is 0.415. The van der Waals surface area contributed by atoms with Crippen LogP contribution in [0.3, 0.4) is 0 Å². The Morgan fingerprint density at radius 1 is 0.889 bits per heavy atom. The third-order valence-electron chi connectivity index (χ3n) is 6.24. The van der Waals surface area contributed by atoms with Crippen LogP contribution >= 0.6 is 11.3 Å². The van der Waals surface area contributed by atoms with Gasteiger partial charge in [0.15, 0.2) is 0 Å². The summed E-state index contributed by atoms with van der Waals surface area (Å²) in [5.74, 6) is 0.790. The van der Waals surface area contributed by atoms with E-state index in [1.807, 2.05) is 66.7 Å². The maximum absolute atomic E-state index is 13.7. The summed E-state index contributed by atoms with van der Waals surface area (Å²) in [7, 11) is 0.243. The lowest BCUT2D eigenvalue weighted by Gasteiger charge is -2.19. The Balaban J connectivity index is 1.66. The lowest BCUT2D eigenvalue weighted by atomic mass is 9.87. The van der Waals surface area contributed by atoms with Gasteiger partial charge in [0.1, 0.15) is 14.8 Å². The monoisotopic (exact) mass is 512 g/mol. The minimum Gasteiger partial charge on any atom is -0.497 e. The zero-order chi connectivity index (χ0) is 25.4. The zero-order valence-corrected chi connectivity index (χ0v) is 22.4. The predicted octanol–water partition coefficient (Wildman–Crippen LogP) is 7.69. The van der Waals surface area contributed by atoms with E-state index < -0.39 is 10.8 Å². The quantitative estimate of drug-likeness (QED) is 0.262. The van der Waals surface area contributed by atoms with Crippen molar-refractivity contribution in [3.63, 3.8) is 0 Å². The van der Waals surface area contributed by atoms with E-state index in [9.17, 15) is 4.21 Å². The van der Waals surface area contributed by atoms with Gasteiger partial charge in [0.2, 0.25) is 0 Å². The molecule has 0 spiro atoms. The molecule has 0 bridgehead atoms. The van der Waals surface area contributed by atoms with E-state index >= 15 is 0 Å². The lowest BCUT2D eigenvalue weighted by Crippen LogP contribution is -2.10. The number of hydrogen-bond acceptors (Lipinski definition) is 5. The Kier molecular flexibility index (Phi) is 6.41. The molecular formula is C30H28N2O2S2. The second-order valence-electron chi connectivity index (χ2n) is 9.68. The van der Waals surface area contributed by atoms with Gasteiger partial charge in [-0.05, 0) is 64.6 Å².